The average Bonchev–Trinajstić information content (AvgIpc) is 2.52. The van der Waals surface area contributed by atoms with Crippen molar-refractivity contribution in [1.29, 1.82) is 0 Å². The standard InChI is InChI=1S/C17H17F3N3O/c1-10-4-6-14(16(21)24)23(9-10)13-7-5-12(17(18,19)20)15-11(13)3-2-8-22-15/h2-3,5-8,10,14H,4,9H2,1H3,(H2,21,24)/t10-,14?/m0/s1. The summed E-state index contributed by atoms with van der Waals surface area (Å²) in [5.41, 5.74) is 5.11. The molecule has 2 aromatic rings. The molecule has 3 rings (SSSR count). The predicted octanol–water partition coefficient (Wildman–Crippen LogP) is 3.16. The minimum Gasteiger partial charge on any atom is -0.368 e. The Morgan fingerprint density at radius 1 is 1.33 bits per heavy atom. The Labute approximate surface area is 137 Å². The molecule has 0 saturated carbocycles. The number of amides is 1. The molecule has 1 radical (unpaired) electrons. The van der Waals surface area contributed by atoms with E-state index in [4.69, 9.17) is 5.73 Å². The van der Waals surface area contributed by atoms with Crippen LogP contribution in [-0.4, -0.2) is 23.5 Å². The Bertz CT molecular complexity index is 775. The van der Waals surface area contributed by atoms with Crippen molar-refractivity contribution >= 4 is 22.5 Å². The number of benzene rings is 1. The number of primary amides is 1. The minimum absolute atomic E-state index is 0.121. The van der Waals surface area contributed by atoms with Gasteiger partial charge in [0.15, 0.2) is 0 Å². The van der Waals surface area contributed by atoms with E-state index in [2.05, 4.69) is 4.98 Å². The number of nitrogens with zero attached hydrogens (tertiary/aromatic N) is 2. The summed E-state index contributed by atoms with van der Waals surface area (Å²) in [6.45, 7) is 2.56. The maximum Gasteiger partial charge on any atom is 0.418 e. The van der Waals surface area contributed by atoms with E-state index in [0.717, 1.165) is 12.5 Å². The molecule has 2 N–H and O–H groups in total. The van der Waals surface area contributed by atoms with Crippen LogP contribution < -0.4 is 10.6 Å². The van der Waals surface area contributed by atoms with Gasteiger partial charge in [-0.1, -0.05) is 6.92 Å². The van der Waals surface area contributed by atoms with Crippen LogP contribution in [0.1, 0.15) is 18.9 Å². The predicted molar refractivity (Wildman–Crippen MR) is 85.2 cm³/mol. The van der Waals surface area contributed by atoms with Gasteiger partial charge in [-0.25, -0.2) is 0 Å². The van der Waals surface area contributed by atoms with Crippen LogP contribution >= 0.6 is 0 Å². The number of carbonyl (C=O) groups excluding carboxylic acids is 1. The molecule has 2 atom stereocenters. The first-order valence-electron chi connectivity index (χ1n) is 7.63. The molecule has 1 fully saturated rings. The second kappa shape index (κ2) is 5.96. The molecule has 1 aliphatic rings. The van der Waals surface area contributed by atoms with E-state index in [1.54, 1.807) is 17.0 Å². The van der Waals surface area contributed by atoms with Gasteiger partial charge in [0.25, 0.3) is 0 Å². The molecule has 1 unspecified atom stereocenters. The maximum atomic E-state index is 13.2. The second-order valence-electron chi connectivity index (χ2n) is 6.11. The number of halogens is 3. The zero-order valence-corrected chi connectivity index (χ0v) is 13.0. The summed E-state index contributed by atoms with van der Waals surface area (Å²) in [6, 6.07) is 4.95. The average molecular weight is 336 g/mol. The van der Waals surface area contributed by atoms with Crippen LogP contribution in [0.4, 0.5) is 18.9 Å². The van der Waals surface area contributed by atoms with Gasteiger partial charge in [0.2, 0.25) is 5.91 Å². The van der Waals surface area contributed by atoms with Crippen molar-refractivity contribution in [3.63, 3.8) is 0 Å². The lowest BCUT2D eigenvalue weighted by Crippen LogP contribution is -2.50. The van der Waals surface area contributed by atoms with Gasteiger partial charge in [0.05, 0.1) is 11.1 Å². The highest BCUT2D eigenvalue weighted by Gasteiger charge is 2.36. The lowest BCUT2D eigenvalue weighted by molar-refractivity contribution is -0.136. The van der Waals surface area contributed by atoms with Crippen LogP contribution in [0.5, 0.6) is 0 Å². The van der Waals surface area contributed by atoms with Gasteiger partial charge < -0.3 is 10.6 Å². The third-order valence-electron chi connectivity index (χ3n) is 4.26. The number of alkyl halides is 3. The highest BCUT2D eigenvalue weighted by atomic mass is 19.4. The highest BCUT2D eigenvalue weighted by Crippen LogP contribution is 2.39. The first-order chi connectivity index (χ1) is 11.3. The van der Waals surface area contributed by atoms with Crippen molar-refractivity contribution in [3.8, 4) is 0 Å². The summed E-state index contributed by atoms with van der Waals surface area (Å²) in [5, 5.41) is 0.362. The van der Waals surface area contributed by atoms with Crippen molar-refractivity contribution in [2.45, 2.75) is 25.6 Å². The lowest BCUT2D eigenvalue weighted by atomic mass is 9.92. The number of hydrogen-bond acceptors (Lipinski definition) is 3. The van der Waals surface area contributed by atoms with Gasteiger partial charge in [-0.2, -0.15) is 13.2 Å². The number of aromatic nitrogens is 1. The van der Waals surface area contributed by atoms with Crippen molar-refractivity contribution in [2.24, 2.45) is 11.7 Å². The quantitative estimate of drug-likeness (QED) is 0.916. The van der Waals surface area contributed by atoms with Gasteiger partial charge in [-0.05, 0) is 43.0 Å². The molecular formula is C17H17F3N3O. The van der Waals surface area contributed by atoms with E-state index in [0.29, 0.717) is 17.6 Å². The fourth-order valence-electron chi connectivity index (χ4n) is 3.17. The minimum atomic E-state index is -4.49. The Morgan fingerprint density at radius 2 is 2.08 bits per heavy atom. The summed E-state index contributed by atoms with van der Waals surface area (Å²) in [4.78, 5) is 17.4. The fraction of sp³-hybridized carbons (Fsp3) is 0.353. The number of fused-ring (bicyclic) bond motifs is 1. The molecular weight excluding hydrogens is 319 g/mol. The number of piperidine rings is 1. The summed E-state index contributed by atoms with van der Waals surface area (Å²) < 4.78 is 39.7. The van der Waals surface area contributed by atoms with Crippen LogP contribution in [0.3, 0.4) is 0 Å². The number of carbonyl (C=O) groups is 1. The zero-order chi connectivity index (χ0) is 17.5. The van der Waals surface area contributed by atoms with Crippen molar-refractivity contribution in [3.05, 3.63) is 42.4 Å². The number of anilines is 1. The summed E-state index contributed by atoms with van der Waals surface area (Å²) in [7, 11) is 0. The molecule has 1 aromatic carbocycles. The van der Waals surface area contributed by atoms with Gasteiger partial charge in [0, 0.05) is 23.8 Å². The number of rotatable bonds is 2. The number of nitrogens with two attached hydrogens (primary N) is 1. The molecule has 2 heterocycles. The van der Waals surface area contributed by atoms with Crippen molar-refractivity contribution < 1.29 is 18.0 Å². The van der Waals surface area contributed by atoms with Crippen LogP contribution in [-0.2, 0) is 11.0 Å². The second-order valence-corrected chi connectivity index (χ2v) is 6.11. The highest BCUT2D eigenvalue weighted by molar-refractivity contribution is 5.97. The third kappa shape index (κ3) is 2.90. The molecule has 24 heavy (non-hydrogen) atoms. The zero-order valence-electron chi connectivity index (χ0n) is 13.0. The Morgan fingerprint density at radius 3 is 2.75 bits per heavy atom. The van der Waals surface area contributed by atoms with Crippen LogP contribution in [0.15, 0.2) is 30.5 Å². The molecule has 1 amide bonds. The smallest absolute Gasteiger partial charge is 0.368 e. The molecule has 0 bridgehead atoms. The molecule has 127 valence electrons. The molecule has 1 saturated heterocycles. The molecule has 0 aliphatic carbocycles. The molecule has 4 nitrogen and oxygen atoms in total. The Balaban J connectivity index is 2.17. The molecule has 7 heteroatoms. The van der Waals surface area contributed by atoms with Crippen molar-refractivity contribution in [1.82, 2.24) is 4.98 Å². The fourth-order valence-corrected chi connectivity index (χ4v) is 3.17. The maximum absolute atomic E-state index is 13.2. The van der Waals surface area contributed by atoms with Crippen LogP contribution in [0, 0.1) is 12.3 Å². The normalized spacial score (nSPS) is 21.9. The van der Waals surface area contributed by atoms with E-state index in [1.165, 1.54) is 12.3 Å². The summed E-state index contributed by atoms with van der Waals surface area (Å²) >= 11 is 0. The monoisotopic (exact) mass is 336 g/mol. The lowest BCUT2D eigenvalue weighted by Gasteiger charge is -2.39. The van der Waals surface area contributed by atoms with Crippen LogP contribution in [0.25, 0.3) is 10.9 Å². The molecule has 1 aromatic heterocycles. The van der Waals surface area contributed by atoms with E-state index in [1.807, 2.05) is 13.3 Å². The molecule has 0 spiro atoms. The van der Waals surface area contributed by atoms with E-state index < -0.39 is 23.7 Å². The van der Waals surface area contributed by atoms with Gasteiger partial charge in [-0.3, -0.25) is 9.78 Å². The first kappa shape index (κ1) is 16.5. The summed E-state index contributed by atoms with van der Waals surface area (Å²) in [6.07, 6.45) is -0.606. The first-order valence-corrected chi connectivity index (χ1v) is 7.63. The number of hydrogen-bond donors (Lipinski definition) is 1. The molecule has 1 aliphatic heterocycles. The van der Waals surface area contributed by atoms with Crippen LogP contribution in [0.2, 0.25) is 0 Å². The SMILES string of the molecule is C[C@H]1C[CH]C(C(N)=O)N(c2ccc(C(F)(F)F)c3ncccc23)C1. The number of pyridine rings is 1. The van der Waals surface area contributed by atoms with E-state index >= 15 is 0 Å². The third-order valence-corrected chi connectivity index (χ3v) is 4.26. The van der Waals surface area contributed by atoms with Gasteiger partial charge >= 0.3 is 6.18 Å². The van der Waals surface area contributed by atoms with Crippen molar-refractivity contribution in [2.75, 3.05) is 11.4 Å². The topological polar surface area (TPSA) is 59.2 Å². The summed E-state index contributed by atoms with van der Waals surface area (Å²) in [5.74, 6) is -0.242. The Hall–Kier alpha value is -2.31. The van der Waals surface area contributed by atoms with E-state index in [9.17, 15) is 18.0 Å². The largest absolute Gasteiger partial charge is 0.418 e. The van der Waals surface area contributed by atoms with E-state index in [-0.39, 0.29) is 11.4 Å². The van der Waals surface area contributed by atoms with Gasteiger partial charge in [-0.15, -0.1) is 0 Å². The Kier molecular flexibility index (Phi) is 4.11. The van der Waals surface area contributed by atoms with Gasteiger partial charge in [0.1, 0.15) is 6.04 Å².